The molecule has 1 amide bonds. The molecule has 0 radical (unpaired) electrons. The predicted molar refractivity (Wildman–Crippen MR) is 81.9 cm³/mol. The molecule has 0 N–H and O–H groups in total. The van der Waals surface area contributed by atoms with Gasteiger partial charge in [0.2, 0.25) is 5.91 Å². The van der Waals surface area contributed by atoms with E-state index in [4.69, 9.17) is 0 Å². The minimum Gasteiger partial charge on any atom is -0.341 e. The van der Waals surface area contributed by atoms with Crippen molar-refractivity contribution in [2.24, 2.45) is 0 Å². The lowest BCUT2D eigenvalue weighted by Crippen LogP contribution is -2.41. The molecule has 2 atom stereocenters. The van der Waals surface area contributed by atoms with E-state index in [1.165, 1.54) is 5.56 Å². The van der Waals surface area contributed by atoms with Crippen LogP contribution in [0.3, 0.4) is 0 Å². The number of carbonyl (C=O) groups is 1. The number of rotatable bonds is 2. The predicted octanol–water partition coefficient (Wildman–Crippen LogP) is 1.75. The summed E-state index contributed by atoms with van der Waals surface area (Å²) >= 11 is 0. The van der Waals surface area contributed by atoms with E-state index >= 15 is 0 Å². The molecule has 5 heteroatoms. The molecule has 0 saturated carbocycles. The van der Waals surface area contributed by atoms with Crippen LogP contribution in [-0.2, 0) is 21.1 Å². The van der Waals surface area contributed by atoms with Crippen LogP contribution in [0.25, 0.3) is 0 Å². The molecule has 0 spiro atoms. The van der Waals surface area contributed by atoms with Gasteiger partial charge >= 0.3 is 0 Å². The zero-order valence-electron chi connectivity index (χ0n) is 12.3. The topological polar surface area (TPSA) is 54.5 Å². The Balaban J connectivity index is 1.80. The van der Waals surface area contributed by atoms with E-state index in [1.807, 2.05) is 18.2 Å². The number of hydrogen-bond acceptors (Lipinski definition) is 3. The zero-order chi connectivity index (χ0) is 15.0. The number of nitrogens with zero attached hydrogens (tertiary/aromatic N) is 1. The molecule has 21 heavy (non-hydrogen) atoms. The smallest absolute Gasteiger partial charge is 0.230 e. The molecule has 114 valence electrons. The first-order valence-electron chi connectivity index (χ1n) is 7.53. The Morgan fingerprint density at radius 2 is 2.00 bits per heavy atom. The molecule has 1 aromatic carbocycles. The van der Waals surface area contributed by atoms with Gasteiger partial charge in [0.15, 0.2) is 9.84 Å². The van der Waals surface area contributed by atoms with Gasteiger partial charge in [0.25, 0.3) is 0 Å². The third-order valence-electron chi connectivity index (χ3n) is 4.77. The van der Waals surface area contributed by atoms with Crippen molar-refractivity contribution in [1.29, 1.82) is 0 Å². The Hall–Kier alpha value is -1.36. The summed E-state index contributed by atoms with van der Waals surface area (Å²) in [6, 6.07) is 7.96. The van der Waals surface area contributed by atoms with Crippen LogP contribution in [0.1, 0.15) is 36.3 Å². The fourth-order valence-electron chi connectivity index (χ4n) is 3.52. The maximum Gasteiger partial charge on any atom is 0.230 e. The molecule has 1 aliphatic carbocycles. The van der Waals surface area contributed by atoms with E-state index in [-0.39, 0.29) is 29.4 Å². The average Bonchev–Trinajstić information content (AvgIpc) is 2.85. The summed E-state index contributed by atoms with van der Waals surface area (Å²) in [5.74, 6) is 0.285. The molecule has 1 heterocycles. The highest BCUT2D eigenvalue weighted by atomic mass is 32.2. The van der Waals surface area contributed by atoms with Gasteiger partial charge in [-0.1, -0.05) is 24.3 Å². The summed E-state index contributed by atoms with van der Waals surface area (Å²) in [6.45, 7) is 0. The standard InChI is InChI=1S/C16H21NO3S/c1-17(13-9-10-21(19,20)11-13)16(18)15-8-4-6-12-5-2-3-7-14(12)15/h2-3,5,7,13,15H,4,6,8-11H2,1H3. The van der Waals surface area contributed by atoms with E-state index in [0.717, 1.165) is 24.8 Å². The van der Waals surface area contributed by atoms with Crippen molar-refractivity contribution in [3.05, 3.63) is 35.4 Å². The van der Waals surface area contributed by atoms with Crippen LogP contribution in [0, 0.1) is 0 Å². The van der Waals surface area contributed by atoms with E-state index in [0.29, 0.717) is 6.42 Å². The second-order valence-corrected chi connectivity index (χ2v) is 8.38. The summed E-state index contributed by atoms with van der Waals surface area (Å²) in [5, 5.41) is 0. The molecular formula is C16H21NO3S. The van der Waals surface area contributed by atoms with E-state index in [2.05, 4.69) is 6.07 Å². The first-order chi connectivity index (χ1) is 9.98. The van der Waals surface area contributed by atoms with Gasteiger partial charge in [0.1, 0.15) is 0 Å². The third kappa shape index (κ3) is 2.84. The summed E-state index contributed by atoms with van der Waals surface area (Å²) in [7, 11) is -1.20. The second-order valence-electron chi connectivity index (χ2n) is 6.15. The van der Waals surface area contributed by atoms with Crippen molar-refractivity contribution in [1.82, 2.24) is 4.90 Å². The number of hydrogen-bond donors (Lipinski definition) is 0. The number of sulfone groups is 1. The highest BCUT2D eigenvalue weighted by molar-refractivity contribution is 7.91. The number of likely N-dealkylation sites (N-methyl/N-ethyl adjacent to an activating group) is 1. The van der Waals surface area contributed by atoms with Gasteiger partial charge in [-0.2, -0.15) is 0 Å². The van der Waals surface area contributed by atoms with Gasteiger partial charge in [-0.25, -0.2) is 8.42 Å². The molecule has 2 unspecified atom stereocenters. The largest absolute Gasteiger partial charge is 0.341 e. The van der Waals surface area contributed by atoms with Crippen LogP contribution in [0.15, 0.2) is 24.3 Å². The Labute approximate surface area is 126 Å². The minimum absolute atomic E-state index is 0.0734. The fraction of sp³-hybridized carbons (Fsp3) is 0.562. The second kappa shape index (κ2) is 5.44. The molecule has 4 nitrogen and oxygen atoms in total. The van der Waals surface area contributed by atoms with Gasteiger partial charge in [-0.3, -0.25) is 4.79 Å². The number of carbonyl (C=O) groups excluding carboxylic acids is 1. The number of fused-ring (bicyclic) bond motifs is 1. The number of amides is 1. The highest BCUT2D eigenvalue weighted by Crippen LogP contribution is 2.33. The summed E-state index contributed by atoms with van der Waals surface area (Å²) in [5.41, 5.74) is 2.39. The fourth-order valence-corrected chi connectivity index (χ4v) is 5.29. The summed E-state index contributed by atoms with van der Waals surface area (Å²) in [4.78, 5) is 14.5. The SMILES string of the molecule is CN(C(=O)C1CCCc2ccccc21)C1CCS(=O)(=O)C1. The number of aryl methyl sites for hydroxylation is 1. The quantitative estimate of drug-likeness (QED) is 0.836. The van der Waals surface area contributed by atoms with E-state index in [9.17, 15) is 13.2 Å². The zero-order valence-corrected chi connectivity index (χ0v) is 13.1. The lowest BCUT2D eigenvalue weighted by atomic mass is 9.82. The van der Waals surface area contributed by atoms with Crippen LogP contribution in [-0.4, -0.2) is 43.8 Å². The van der Waals surface area contributed by atoms with Crippen molar-refractivity contribution in [2.75, 3.05) is 18.6 Å². The lowest BCUT2D eigenvalue weighted by Gasteiger charge is -2.31. The molecule has 1 aliphatic heterocycles. The van der Waals surface area contributed by atoms with Gasteiger partial charge < -0.3 is 4.90 Å². The lowest BCUT2D eigenvalue weighted by molar-refractivity contribution is -0.133. The number of benzene rings is 1. The van der Waals surface area contributed by atoms with Crippen LogP contribution >= 0.6 is 0 Å². The third-order valence-corrected chi connectivity index (χ3v) is 6.52. The van der Waals surface area contributed by atoms with Crippen molar-refractivity contribution in [3.8, 4) is 0 Å². The molecule has 1 fully saturated rings. The van der Waals surface area contributed by atoms with Crippen LogP contribution in [0.5, 0.6) is 0 Å². The molecule has 1 aromatic rings. The summed E-state index contributed by atoms with van der Waals surface area (Å²) < 4.78 is 23.2. The Morgan fingerprint density at radius 1 is 1.24 bits per heavy atom. The van der Waals surface area contributed by atoms with Gasteiger partial charge in [-0.15, -0.1) is 0 Å². The minimum atomic E-state index is -2.96. The molecule has 1 saturated heterocycles. The average molecular weight is 307 g/mol. The Kier molecular flexibility index (Phi) is 3.78. The van der Waals surface area contributed by atoms with Crippen LogP contribution < -0.4 is 0 Å². The molecule has 0 bridgehead atoms. The van der Waals surface area contributed by atoms with Crippen LogP contribution in [0.4, 0.5) is 0 Å². The normalized spacial score (nSPS) is 27.1. The van der Waals surface area contributed by atoms with Crippen LogP contribution in [0.2, 0.25) is 0 Å². The van der Waals surface area contributed by atoms with Gasteiger partial charge in [-0.05, 0) is 36.8 Å². The molecule has 3 rings (SSSR count). The first kappa shape index (κ1) is 14.6. The van der Waals surface area contributed by atoms with Crippen molar-refractivity contribution >= 4 is 15.7 Å². The monoisotopic (exact) mass is 307 g/mol. The maximum absolute atomic E-state index is 12.8. The molecular weight excluding hydrogens is 286 g/mol. The van der Waals surface area contributed by atoms with Gasteiger partial charge in [0, 0.05) is 13.1 Å². The van der Waals surface area contributed by atoms with Gasteiger partial charge in [0.05, 0.1) is 17.4 Å². The highest BCUT2D eigenvalue weighted by Gasteiger charge is 2.36. The molecule has 2 aliphatic rings. The van der Waals surface area contributed by atoms with Crippen molar-refractivity contribution < 1.29 is 13.2 Å². The maximum atomic E-state index is 12.8. The summed E-state index contributed by atoms with van der Waals surface area (Å²) in [6.07, 6.45) is 3.48. The Morgan fingerprint density at radius 3 is 2.71 bits per heavy atom. The van der Waals surface area contributed by atoms with Crippen molar-refractivity contribution in [2.45, 2.75) is 37.6 Å². The van der Waals surface area contributed by atoms with Crippen molar-refractivity contribution in [3.63, 3.8) is 0 Å². The van der Waals surface area contributed by atoms with E-state index < -0.39 is 9.84 Å². The Bertz CT molecular complexity index is 653. The molecule has 0 aromatic heterocycles. The first-order valence-corrected chi connectivity index (χ1v) is 9.35. The van der Waals surface area contributed by atoms with E-state index in [1.54, 1.807) is 11.9 Å².